The van der Waals surface area contributed by atoms with Crippen LogP contribution in [0.25, 0.3) is 0 Å². The fourth-order valence-electron chi connectivity index (χ4n) is 0.926. The number of nitrogens with zero attached hydrogens (tertiary/aromatic N) is 3. The van der Waals surface area contributed by atoms with Gasteiger partial charge in [0.1, 0.15) is 6.07 Å². The van der Waals surface area contributed by atoms with Gasteiger partial charge in [-0.05, 0) is 6.42 Å². The zero-order valence-electron chi connectivity index (χ0n) is 6.94. The van der Waals surface area contributed by atoms with E-state index in [1.807, 2.05) is 13.0 Å². The van der Waals surface area contributed by atoms with E-state index >= 15 is 0 Å². The summed E-state index contributed by atoms with van der Waals surface area (Å²) < 4.78 is 1.65. The van der Waals surface area contributed by atoms with Gasteiger partial charge in [0, 0.05) is 12.4 Å². The summed E-state index contributed by atoms with van der Waals surface area (Å²) in [6.07, 6.45) is 3.54. The van der Waals surface area contributed by atoms with E-state index < -0.39 is 6.10 Å². The molecule has 0 aliphatic rings. The number of aliphatic hydroxyl groups is 1. The lowest BCUT2D eigenvalue weighted by Crippen LogP contribution is -2.15. The Bertz CT molecular complexity index is 287. The smallest absolute Gasteiger partial charge is 0.212 e. The van der Waals surface area contributed by atoms with Gasteiger partial charge >= 0.3 is 0 Å². The van der Waals surface area contributed by atoms with Gasteiger partial charge in [0.05, 0.1) is 12.6 Å². The molecule has 1 atom stereocenters. The van der Waals surface area contributed by atoms with Crippen molar-refractivity contribution in [1.29, 1.82) is 5.26 Å². The molecule has 1 rings (SSSR count). The first-order valence-electron chi connectivity index (χ1n) is 3.87. The molecule has 1 N–H and O–H groups in total. The molecule has 4 nitrogen and oxygen atoms in total. The van der Waals surface area contributed by atoms with Crippen molar-refractivity contribution in [3.05, 3.63) is 18.2 Å². The van der Waals surface area contributed by atoms with Crippen molar-refractivity contribution in [2.24, 2.45) is 0 Å². The predicted molar refractivity (Wildman–Crippen MR) is 43.2 cm³/mol. The third kappa shape index (κ3) is 1.83. The fraction of sp³-hybridized carbons (Fsp3) is 0.500. The Balaban J connectivity index is 2.69. The van der Waals surface area contributed by atoms with Crippen molar-refractivity contribution in [2.75, 3.05) is 0 Å². The molecular weight excluding hydrogens is 154 g/mol. The third-order valence-electron chi connectivity index (χ3n) is 1.69. The fourth-order valence-corrected chi connectivity index (χ4v) is 0.926. The van der Waals surface area contributed by atoms with Gasteiger partial charge in [-0.1, -0.05) is 6.92 Å². The van der Waals surface area contributed by atoms with Crippen molar-refractivity contribution in [3.63, 3.8) is 0 Å². The molecule has 0 aromatic carbocycles. The zero-order chi connectivity index (χ0) is 8.97. The highest BCUT2D eigenvalue weighted by Crippen LogP contribution is 2.00. The molecule has 4 heteroatoms. The maximum absolute atomic E-state index is 9.29. The topological polar surface area (TPSA) is 61.8 Å². The molecular formula is C8H11N3O. The van der Waals surface area contributed by atoms with Crippen molar-refractivity contribution >= 4 is 0 Å². The lowest BCUT2D eigenvalue weighted by molar-refractivity contribution is 0.149. The van der Waals surface area contributed by atoms with Crippen LogP contribution in [-0.4, -0.2) is 20.8 Å². The van der Waals surface area contributed by atoms with Gasteiger partial charge in [-0.25, -0.2) is 4.98 Å². The van der Waals surface area contributed by atoms with E-state index in [9.17, 15) is 5.11 Å². The first-order valence-corrected chi connectivity index (χ1v) is 3.87. The summed E-state index contributed by atoms with van der Waals surface area (Å²) in [4.78, 5) is 3.81. The molecule has 0 aliphatic carbocycles. The summed E-state index contributed by atoms with van der Waals surface area (Å²) in [6, 6.07) is 1.95. The molecule has 12 heavy (non-hydrogen) atoms. The number of hydrogen-bond donors (Lipinski definition) is 1. The highest BCUT2D eigenvalue weighted by atomic mass is 16.3. The lowest BCUT2D eigenvalue weighted by Gasteiger charge is -2.08. The minimum absolute atomic E-state index is 0.350. The number of nitriles is 1. The zero-order valence-corrected chi connectivity index (χ0v) is 6.94. The van der Waals surface area contributed by atoms with Crippen LogP contribution in [0, 0.1) is 11.3 Å². The van der Waals surface area contributed by atoms with E-state index in [0.29, 0.717) is 18.8 Å². The van der Waals surface area contributed by atoms with Crippen molar-refractivity contribution in [1.82, 2.24) is 9.55 Å². The van der Waals surface area contributed by atoms with Gasteiger partial charge < -0.3 is 9.67 Å². The van der Waals surface area contributed by atoms with E-state index in [4.69, 9.17) is 5.26 Å². The van der Waals surface area contributed by atoms with Crippen molar-refractivity contribution in [2.45, 2.75) is 26.0 Å². The second-order valence-electron chi connectivity index (χ2n) is 2.58. The largest absolute Gasteiger partial charge is 0.391 e. The van der Waals surface area contributed by atoms with Gasteiger partial charge in [-0.2, -0.15) is 5.26 Å². The summed E-state index contributed by atoms with van der Waals surface area (Å²) in [5.74, 6) is 0.350. The van der Waals surface area contributed by atoms with Gasteiger partial charge in [-0.15, -0.1) is 0 Å². The summed E-state index contributed by atoms with van der Waals surface area (Å²) in [7, 11) is 0. The molecule has 0 spiro atoms. The standard InChI is InChI=1S/C8H11N3O/c1-2-7(12)6-11-4-3-10-8(11)5-9/h3-4,7,12H,2,6H2,1H3. The second kappa shape index (κ2) is 3.88. The molecule has 0 saturated carbocycles. The average molecular weight is 165 g/mol. The molecule has 1 aromatic heterocycles. The normalized spacial score (nSPS) is 12.4. The predicted octanol–water partition coefficient (Wildman–Crippen LogP) is 0.526. The van der Waals surface area contributed by atoms with Crippen LogP contribution in [0.4, 0.5) is 0 Å². The summed E-state index contributed by atoms with van der Waals surface area (Å²) in [6.45, 7) is 2.34. The van der Waals surface area contributed by atoms with Crippen molar-refractivity contribution in [3.8, 4) is 6.07 Å². The molecule has 0 saturated heterocycles. The summed E-state index contributed by atoms with van der Waals surface area (Å²) in [5.41, 5.74) is 0. The molecule has 0 amide bonds. The van der Waals surface area contributed by atoms with Gasteiger partial charge in [-0.3, -0.25) is 0 Å². The van der Waals surface area contributed by atoms with Crippen molar-refractivity contribution < 1.29 is 5.11 Å². The molecule has 64 valence electrons. The molecule has 1 heterocycles. The van der Waals surface area contributed by atoms with Crippen LogP contribution >= 0.6 is 0 Å². The Kier molecular flexibility index (Phi) is 2.83. The Morgan fingerprint density at radius 1 is 1.83 bits per heavy atom. The lowest BCUT2D eigenvalue weighted by atomic mass is 10.3. The highest BCUT2D eigenvalue weighted by Gasteiger charge is 2.05. The van der Waals surface area contributed by atoms with Crippen LogP contribution in [-0.2, 0) is 6.54 Å². The van der Waals surface area contributed by atoms with Crippen LogP contribution < -0.4 is 0 Å². The van der Waals surface area contributed by atoms with E-state index in [-0.39, 0.29) is 0 Å². The van der Waals surface area contributed by atoms with Crippen LogP contribution in [0.3, 0.4) is 0 Å². The van der Waals surface area contributed by atoms with E-state index in [1.54, 1.807) is 17.0 Å². The van der Waals surface area contributed by atoms with Crippen LogP contribution in [0.1, 0.15) is 19.2 Å². The maximum Gasteiger partial charge on any atom is 0.212 e. The molecule has 0 aliphatic heterocycles. The number of hydrogen-bond acceptors (Lipinski definition) is 3. The molecule has 1 aromatic rings. The van der Waals surface area contributed by atoms with Gasteiger partial charge in [0.2, 0.25) is 5.82 Å². The Morgan fingerprint density at radius 2 is 2.58 bits per heavy atom. The van der Waals surface area contributed by atoms with E-state index in [1.165, 1.54) is 0 Å². The maximum atomic E-state index is 9.29. The first-order chi connectivity index (χ1) is 5.77. The minimum Gasteiger partial charge on any atom is -0.391 e. The quantitative estimate of drug-likeness (QED) is 0.710. The van der Waals surface area contributed by atoms with Gasteiger partial charge in [0.15, 0.2) is 0 Å². The molecule has 0 bridgehead atoms. The number of rotatable bonds is 3. The molecule has 1 unspecified atom stereocenters. The Hall–Kier alpha value is -1.34. The number of aromatic nitrogens is 2. The van der Waals surface area contributed by atoms with Crippen LogP contribution in [0.15, 0.2) is 12.4 Å². The number of imidazole rings is 1. The summed E-state index contributed by atoms with van der Waals surface area (Å²) in [5, 5.41) is 17.9. The van der Waals surface area contributed by atoms with E-state index in [2.05, 4.69) is 4.98 Å². The Morgan fingerprint density at radius 3 is 3.17 bits per heavy atom. The summed E-state index contributed by atoms with van der Waals surface area (Å²) >= 11 is 0. The highest BCUT2D eigenvalue weighted by molar-refractivity contribution is 5.11. The number of aliphatic hydroxyl groups excluding tert-OH is 1. The monoisotopic (exact) mass is 165 g/mol. The molecule has 0 fully saturated rings. The Labute approximate surface area is 71.1 Å². The van der Waals surface area contributed by atoms with E-state index in [0.717, 1.165) is 0 Å². The third-order valence-corrected chi connectivity index (χ3v) is 1.69. The second-order valence-corrected chi connectivity index (χ2v) is 2.58. The average Bonchev–Trinajstić information content (AvgIpc) is 2.51. The van der Waals surface area contributed by atoms with Gasteiger partial charge in [0.25, 0.3) is 0 Å². The minimum atomic E-state index is -0.397. The first kappa shape index (κ1) is 8.75. The molecule has 0 radical (unpaired) electrons. The van der Waals surface area contributed by atoms with Crippen LogP contribution in [0.5, 0.6) is 0 Å². The van der Waals surface area contributed by atoms with Crippen LogP contribution in [0.2, 0.25) is 0 Å². The SMILES string of the molecule is CCC(O)Cn1ccnc1C#N.